The van der Waals surface area contributed by atoms with Crippen molar-refractivity contribution in [2.75, 3.05) is 0 Å². The molecule has 2 nitrogen and oxygen atoms in total. The maximum Gasteiger partial charge on any atom is 0.202 e. The molecule has 0 bridgehead atoms. The molecular weight excluding hydrogens is 224 g/mol. The van der Waals surface area contributed by atoms with Crippen LogP contribution in [0.2, 0.25) is 0 Å². The average Bonchev–Trinajstić information content (AvgIpc) is 2.56. The minimum Gasteiger partial charge on any atom is -0.291 e. The Bertz CT molecular complexity index is 387. The van der Waals surface area contributed by atoms with Crippen LogP contribution in [0.4, 0.5) is 0 Å². The van der Waals surface area contributed by atoms with Gasteiger partial charge in [-0.1, -0.05) is 27.2 Å². The number of rotatable bonds is 1. The highest BCUT2D eigenvalue weighted by Crippen LogP contribution is 2.56. The molecule has 0 saturated heterocycles. The maximum atomic E-state index is 12.4. The Morgan fingerprint density at radius 3 is 2.44 bits per heavy atom. The van der Waals surface area contributed by atoms with Crippen LogP contribution < -0.4 is 0 Å². The molecule has 7 atom stereocenters. The molecular formula is C16H24O2. The normalized spacial score (nSPS) is 51.4. The van der Waals surface area contributed by atoms with Crippen LogP contribution in [0.25, 0.3) is 0 Å². The van der Waals surface area contributed by atoms with E-state index < -0.39 is 0 Å². The quantitative estimate of drug-likeness (QED) is 0.668. The molecule has 0 aromatic heterocycles. The summed E-state index contributed by atoms with van der Waals surface area (Å²) in [6.07, 6.45) is 4.49. The number of hydrogen-bond donors (Lipinski definition) is 0. The van der Waals surface area contributed by atoms with Gasteiger partial charge < -0.3 is 0 Å². The Morgan fingerprint density at radius 1 is 1.06 bits per heavy atom. The number of carbonyl (C=O) groups excluding carboxylic acids is 2. The maximum absolute atomic E-state index is 12.4. The lowest BCUT2D eigenvalue weighted by Crippen LogP contribution is -2.43. The molecule has 3 fully saturated rings. The number of Topliss-reactive ketones (excluding diaryl/α,β-unsaturated/α-hetero) is 2. The van der Waals surface area contributed by atoms with Crippen molar-refractivity contribution in [3.05, 3.63) is 0 Å². The van der Waals surface area contributed by atoms with E-state index in [-0.39, 0.29) is 23.4 Å². The van der Waals surface area contributed by atoms with Crippen LogP contribution >= 0.6 is 0 Å². The van der Waals surface area contributed by atoms with Gasteiger partial charge in [0.25, 0.3) is 0 Å². The standard InChI is InChI=1S/C16H24O2/c1-4-11-9(3)7-10-5-8(2)6-12-13(10)14(11)16(18)15(12)17/h8-14H,4-7H2,1-3H3. The molecule has 0 spiro atoms. The third-order valence-corrected chi connectivity index (χ3v) is 6.01. The fraction of sp³-hybridized carbons (Fsp3) is 0.875. The molecule has 3 aliphatic carbocycles. The second-order valence-electron chi connectivity index (χ2n) is 7.06. The van der Waals surface area contributed by atoms with Gasteiger partial charge in [0.05, 0.1) is 0 Å². The summed E-state index contributed by atoms with van der Waals surface area (Å²) in [6, 6.07) is 0. The molecule has 18 heavy (non-hydrogen) atoms. The lowest BCUT2D eigenvalue weighted by atomic mass is 9.56. The van der Waals surface area contributed by atoms with E-state index in [0.717, 1.165) is 12.8 Å². The van der Waals surface area contributed by atoms with Crippen LogP contribution in [0, 0.1) is 41.4 Å². The monoisotopic (exact) mass is 248 g/mol. The highest BCUT2D eigenvalue weighted by Gasteiger charge is 2.59. The molecule has 0 aliphatic heterocycles. The third-order valence-electron chi connectivity index (χ3n) is 6.01. The van der Waals surface area contributed by atoms with Gasteiger partial charge in [0.2, 0.25) is 11.6 Å². The zero-order chi connectivity index (χ0) is 13.0. The first-order valence-electron chi connectivity index (χ1n) is 7.62. The van der Waals surface area contributed by atoms with Crippen molar-refractivity contribution in [2.45, 2.75) is 46.5 Å². The molecule has 100 valence electrons. The van der Waals surface area contributed by atoms with Gasteiger partial charge in [0.1, 0.15) is 0 Å². The van der Waals surface area contributed by atoms with Crippen LogP contribution in [0.1, 0.15) is 46.5 Å². The summed E-state index contributed by atoms with van der Waals surface area (Å²) >= 11 is 0. The highest BCUT2D eigenvalue weighted by atomic mass is 16.2. The first-order valence-corrected chi connectivity index (χ1v) is 7.62. The summed E-state index contributed by atoms with van der Waals surface area (Å²) in [5.74, 6) is 2.86. The lowest BCUT2D eigenvalue weighted by molar-refractivity contribution is -0.138. The number of ketones is 2. The van der Waals surface area contributed by atoms with Gasteiger partial charge in [-0.3, -0.25) is 9.59 Å². The molecule has 2 heteroatoms. The smallest absolute Gasteiger partial charge is 0.202 e. The van der Waals surface area contributed by atoms with E-state index in [1.54, 1.807) is 0 Å². The highest BCUT2D eigenvalue weighted by molar-refractivity contribution is 6.41. The van der Waals surface area contributed by atoms with E-state index >= 15 is 0 Å². The van der Waals surface area contributed by atoms with E-state index in [4.69, 9.17) is 0 Å². The van der Waals surface area contributed by atoms with E-state index in [1.807, 2.05) is 0 Å². The van der Waals surface area contributed by atoms with Gasteiger partial charge in [-0.05, 0) is 48.9 Å². The third kappa shape index (κ3) is 1.53. The van der Waals surface area contributed by atoms with E-state index in [0.29, 0.717) is 29.6 Å². The lowest BCUT2D eigenvalue weighted by Gasteiger charge is -2.47. The van der Waals surface area contributed by atoms with Gasteiger partial charge in [-0.15, -0.1) is 0 Å². The van der Waals surface area contributed by atoms with E-state index in [1.165, 1.54) is 12.8 Å². The van der Waals surface area contributed by atoms with Crippen molar-refractivity contribution in [1.29, 1.82) is 0 Å². The van der Waals surface area contributed by atoms with Crippen LogP contribution in [0.5, 0.6) is 0 Å². The van der Waals surface area contributed by atoms with E-state index in [9.17, 15) is 9.59 Å². The molecule has 0 aromatic rings. The molecule has 0 amide bonds. The fourth-order valence-corrected chi connectivity index (χ4v) is 5.43. The fourth-order valence-electron chi connectivity index (χ4n) is 5.43. The van der Waals surface area contributed by atoms with Crippen molar-refractivity contribution in [3.63, 3.8) is 0 Å². The molecule has 3 rings (SSSR count). The molecule has 0 heterocycles. The summed E-state index contributed by atoms with van der Waals surface area (Å²) in [4.78, 5) is 24.6. The summed E-state index contributed by atoms with van der Waals surface area (Å²) in [7, 11) is 0. The largest absolute Gasteiger partial charge is 0.291 e. The Hall–Kier alpha value is -0.660. The number of hydrogen-bond acceptors (Lipinski definition) is 2. The second kappa shape index (κ2) is 4.18. The first-order chi connectivity index (χ1) is 8.54. The van der Waals surface area contributed by atoms with Gasteiger partial charge in [-0.25, -0.2) is 0 Å². The minimum atomic E-state index is -0.0194. The van der Waals surface area contributed by atoms with Crippen molar-refractivity contribution in [1.82, 2.24) is 0 Å². The van der Waals surface area contributed by atoms with Crippen LogP contribution in [0.3, 0.4) is 0 Å². The Balaban J connectivity index is 1.99. The summed E-state index contributed by atoms with van der Waals surface area (Å²) < 4.78 is 0. The second-order valence-corrected chi connectivity index (χ2v) is 7.06. The average molecular weight is 248 g/mol. The predicted molar refractivity (Wildman–Crippen MR) is 69.9 cm³/mol. The predicted octanol–water partition coefficient (Wildman–Crippen LogP) is 3.10. The minimum absolute atomic E-state index is 0.0116. The zero-order valence-electron chi connectivity index (χ0n) is 11.7. The van der Waals surface area contributed by atoms with Crippen LogP contribution in [-0.2, 0) is 9.59 Å². The summed E-state index contributed by atoms with van der Waals surface area (Å²) in [6.45, 7) is 6.71. The zero-order valence-corrected chi connectivity index (χ0v) is 11.7. The van der Waals surface area contributed by atoms with Gasteiger partial charge >= 0.3 is 0 Å². The first kappa shape index (κ1) is 12.4. The van der Waals surface area contributed by atoms with Crippen LogP contribution in [0.15, 0.2) is 0 Å². The van der Waals surface area contributed by atoms with Gasteiger partial charge in [-0.2, -0.15) is 0 Å². The molecule has 3 aliphatic rings. The Labute approximate surface area is 110 Å². The van der Waals surface area contributed by atoms with Gasteiger partial charge in [0, 0.05) is 11.8 Å². The molecule has 0 radical (unpaired) electrons. The van der Waals surface area contributed by atoms with Crippen molar-refractivity contribution < 1.29 is 9.59 Å². The molecule has 3 saturated carbocycles. The topological polar surface area (TPSA) is 34.1 Å². The van der Waals surface area contributed by atoms with Crippen LogP contribution in [-0.4, -0.2) is 11.6 Å². The van der Waals surface area contributed by atoms with Crippen molar-refractivity contribution in [2.24, 2.45) is 41.4 Å². The van der Waals surface area contributed by atoms with Crippen molar-refractivity contribution in [3.8, 4) is 0 Å². The van der Waals surface area contributed by atoms with Gasteiger partial charge in [0.15, 0.2) is 0 Å². The summed E-state index contributed by atoms with van der Waals surface area (Å²) in [5.41, 5.74) is 0. The Morgan fingerprint density at radius 2 is 1.78 bits per heavy atom. The summed E-state index contributed by atoms with van der Waals surface area (Å²) in [5, 5.41) is 0. The SMILES string of the molecule is CCC1C(C)CC2CC(C)CC3C(=O)C(=O)C1C23. The molecule has 0 aromatic carbocycles. The molecule has 7 unspecified atom stereocenters. The van der Waals surface area contributed by atoms with E-state index in [2.05, 4.69) is 20.8 Å². The number of carbonyl (C=O) groups is 2. The molecule has 0 N–H and O–H groups in total. The Kier molecular flexibility index (Phi) is 2.87. The van der Waals surface area contributed by atoms with Crippen molar-refractivity contribution >= 4 is 11.6 Å².